The fourth-order valence-electron chi connectivity index (χ4n) is 3.53. The molecule has 8 heteroatoms. The molecule has 1 heterocycles. The summed E-state index contributed by atoms with van der Waals surface area (Å²) >= 11 is 0. The first-order valence-corrected chi connectivity index (χ1v) is 10.3. The number of amides is 5. The summed E-state index contributed by atoms with van der Waals surface area (Å²) in [5.74, 6) is -1.25. The molecule has 0 spiro atoms. The average molecular weight is 437 g/mol. The topological polar surface area (TPSA) is 108 Å². The number of imide groups is 1. The van der Waals surface area contributed by atoms with Crippen LogP contribution in [0.15, 0.2) is 48.5 Å². The van der Waals surface area contributed by atoms with Gasteiger partial charge in [0.15, 0.2) is 0 Å². The molecule has 0 bridgehead atoms. The number of carbonyl (C=O) groups is 4. The molecular formula is C24H28N4O4. The summed E-state index contributed by atoms with van der Waals surface area (Å²) < 4.78 is 0. The van der Waals surface area contributed by atoms with E-state index in [-0.39, 0.29) is 11.3 Å². The molecule has 0 radical (unpaired) electrons. The van der Waals surface area contributed by atoms with E-state index < -0.39 is 29.9 Å². The molecule has 2 aromatic rings. The van der Waals surface area contributed by atoms with Crippen LogP contribution in [-0.4, -0.2) is 42.2 Å². The van der Waals surface area contributed by atoms with Gasteiger partial charge in [-0.2, -0.15) is 0 Å². The maximum Gasteiger partial charge on any atom is 0.325 e. The summed E-state index contributed by atoms with van der Waals surface area (Å²) in [7, 11) is 1.53. The monoisotopic (exact) mass is 436 g/mol. The molecule has 1 saturated heterocycles. The highest BCUT2D eigenvalue weighted by Gasteiger charge is 2.49. The van der Waals surface area contributed by atoms with Gasteiger partial charge in [0.1, 0.15) is 12.1 Å². The summed E-state index contributed by atoms with van der Waals surface area (Å²) in [6.07, 6.45) is 0. The van der Waals surface area contributed by atoms with E-state index in [0.29, 0.717) is 16.8 Å². The summed E-state index contributed by atoms with van der Waals surface area (Å²) in [5.41, 5.74) is 1.38. The van der Waals surface area contributed by atoms with E-state index in [2.05, 4.69) is 36.7 Å². The first-order valence-electron chi connectivity index (χ1n) is 10.3. The van der Waals surface area contributed by atoms with Crippen molar-refractivity contribution in [3.8, 4) is 0 Å². The number of nitrogens with one attached hydrogen (secondary N) is 3. The molecule has 1 atom stereocenters. The zero-order chi connectivity index (χ0) is 23.7. The third-order valence-corrected chi connectivity index (χ3v) is 5.56. The van der Waals surface area contributed by atoms with Gasteiger partial charge in [-0.3, -0.25) is 19.3 Å². The molecule has 0 unspecified atom stereocenters. The third-order valence-electron chi connectivity index (χ3n) is 5.56. The molecule has 1 aliphatic heterocycles. The first kappa shape index (κ1) is 23.0. The number of anilines is 1. The Kier molecular flexibility index (Phi) is 6.07. The second-order valence-electron chi connectivity index (χ2n) is 8.98. The predicted octanol–water partition coefficient (Wildman–Crippen LogP) is 2.75. The number of hydrogen-bond donors (Lipinski definition) is 3. The number of nitrogens with zero attached hydrogens (tertiary/aromatic N) is 1. The van der Waals surface area contributed by atoms with Crippen LogP contribution in [0.5, 0.6) is 0 Å². The van der Waals surface area contributed by atoms with Gasteiger partial charge in [-0.1, -0.05) is 45.0 Å². The van der Waals surface area contributed by atoms with Crippen molar-refractivity contribution in [1.29, 1.82) is 0 Å². The highest BCUT2D eigenvalue weighted by molar-refractivity contribution is 6.10. The minimum atomic E-state index is -1.25. The summed E-state index contributed by atoms with van der Waals surface area (Å²) in [6, 6.07) is 13.2. The van der Waals surface area contributed by atoms with Crippen molar-refractivity contribution in [1.82, 2.24) is 15.5 Å². The van der Waals surface area contributed by atoms with E-state index in [9.17, 15) is 19.2 Å². The Morgan fingerprint density at radius 3 is 2.12 bits per heavy atom. The van der Waals surface area contributed by atoms with Gasteiger partial charge in [-0.05, 0) is 47.7 Å². The van der Waals surface area contributed by atoms with Crippen LogP contribution < -0.4 is 16.0 Å². The zero-order valence-electron chi connectivity index (χ0n) is 18.9. The van der Waals surface area contributed by atoms with Crippen molar-refractivity contribution < 1.29 is 19.2 Å². The van der Waals surface area contributed by atoms with Gasteiger partial charge < -0.3 is 16.0 Å². The van der Waals surface area contributed by atoms with Gasteiger partial charge in [0.25, 0.3) is 11.8 Å². The maximum absolute atomic E-state index is 13.1. The SMILES string of the molecule is CNC(=O)c1ccc(NC(=O)CN2C(=O)N[C@@](C)(c3ccc(C(C)(C)C)cc3)C2=O)cc1. The summed E-state index contributed by atoms with van der Waals surface area (Å²) in [4.78, 5) is 50.6. The van der Waals surface area contributed by atoms with Crippen LogP contribution in [0.1, 0.15) is 49.2 Å². The van der Waals surface area contributed by atoms with E-state index in [1.807, 2.05) is 24.3 Å². The van der Waals surface area contributed by atoms with E-state index in [1.165, 1.54) is 7.05 Å². The van der Waals surface area contributed by atoms with E-state index in [4.69, 9.17) is 0 Å². The van der Waals surface area contributed by atoms with Gasteiger partial charge in [-0.25, -0.2) is 4.79 Å². The largest absolute Gasteiger partial charge is 0.355 e. The van der Waals surface area contributed by atoms with E-state index in [0.717, 1.165) is 10.5 Å². The lowest BCUT2D eigenvalue weighted by Gasteiger charge is -2.24. The quantitative estimate of drug-likeness (QED) is 0.627. The van der Waals surface area contributed by atoms with Crippen molar-refractivity contribution in [3.05, 3.63) is 65.2 Å². The van der Waals surface area contributed by atoms with Gasteiger partial charge in [-0.15, -0.1) is 0 Å². The number of hydrogen-bond acceptors (Lipinski definition) is 4. The Hall–Kier alpha value is -3.68. The first-order chi connectivity index (χ1) is 15.0. The third kappa shape index (κ3) is 4.49. The Balaban J connectivity index is 1.70. The molecule has 2 aromatic carbocycles. The number of carbonyl (C=O) groups excluding carboxylic acids is 4. The van der Waals surface area contributed by atoms with Crippen LogP contribution in [0, 0.1) is 0 Å². The van der Waals surface area contributed by atoms with Gasteiger partial charge in [0.2, 0.25) is 5.91 Å². The molecule has 0 aliphatic carbocycles. The lowest BCUT2D eigenvalue weighted by molar-refractivity contribution is -0.133. The second-order valence-corrected chi connectivity index (χ2v) is 8.98. The molecule has 0 aromatic heterocycles. The molecule has 3 rings (SSSR count). The number of rotatable bonds is 5. The number of urea groups is 1. The van der Waals surface area contributed by atoms with Crippen molar-refractivity contribution in [3.63, 3.8) is 0 Å². The van der Waals surface area contributed by atoms with Crippen LogP contribution in [0.25, 0.3) is 0 Å². The second kappa shape index (κ2) is 8.45. The Bertz CT molecular complexity index is 1050. The minimum Gasteiger partial charge on any atom is -0.355 e. The van der Waals surface area contributed by atoms with Crippen molar-refractivity contribution in [2.24, 2.45) is 0 Å². The number of benzene rings is 2. The highest BCUT2D eigenvalue weighted by atomic mass is 16.2. The summed E-state index contributed by atoms with van der Waals surface area (Å²) in [6.45, 7) is 7.50. The maximum atomic E-state index is 13.1. The zero-order valence-corrected chi connectivity index (χ0v) is 18.9. The minimum absolute atomic E-state index is 0.0367. The normalized spacial score (nSPS) is 18.3. The Labute approximate surface area is 187 Å². The van der Waals surface area contributed by atoms with Crippen LogP contribution in [0.2, 0.25) is 0 Å². The average Bonchev–Trinajstić information content (AvgIpc) is 2.97. The standard InChI is InChI=1S/C24H28N4O4/c1-23(2,3)16-8-10-17(11-9-16)24(4)21(31)28(22(32)27-24)14-19(29)26-18-12-6-15(7-13-18)20(30)25-5/h6-13H,14H2,1-5H3,(H,25,30)(H,26,29)(H,27,32)/t24-/m0/s1. The fraction of sp³-hybridized carbons (Fsp3) is 0.333. The van der Waals surface area contributed by atoms with Crippen LogP contribution in [-0.2, 0) is 20.5 Å². The summed E-state index contributed by atoms with van der Waals surface area (Å²) in [5, 5.41) is 7.87. The molecule has 0 saturated carbocycles. The van der Waals surface area contributed by atoms with Crippen LogP contribution >= 0.6 is 0 Å². The molecule has 3 N–H and O–H groups in total. The molecule has 32 heavy (non-hydrogen) atoms. The smallest absolute Gasteiger partial charge is 0.325 e. The molecule has 168 valence electrons. The van der Waals surface area contributed by atoms with Gasteiger partial charge in [0, 0.05) is 18.3 Å². The van der Waals surface area contributed by atoms with E-state index >= 15 is 0 Å². The lowest BCUT2D eigenvalue weighted by atomic mass is 9.84. The Morgan fingerprint density at radius 2 is 1.59 bits per heavy atom. The van der Waals surface area contributed by atoms with Crippen molar-refractivity contribution in [2.75, 3.05) is 18.9 Å². The van der Waals surface area contributed by atoms with Gasteiger partial charge in [0.05, 0.1) is 0 Å². The highest BCUT2D eigenvalue weighted by Crippen LogP contribution is 2.31. The van der Waals surface area contributed by atoms with Gasteiger partial charge >= 0.3 is 6.03 Å². The van der Waals surface area contributed by atoms with Crippen LogP contribution in [0.3, 0.4) is 0 Å². The predicted molar refractivity (Wildman–Crippen MR) is 121 cm³/mol. The van der Waals surface area contributed by atoms with E-state index in [1.54, 1.807) is 31.2 Å². The molecule has 1 fully saturated rings. The lowest BCUT2D eigenvalue weighted by Crippen LogP contribution is -2.42. The molecular weight excluding hydrogens is 408 g/mol. The fourth-order valence-corrected chi connectivity index (χ4v) is 3.53. The van der Waals surface area contributed by atoms with Crippen molar-refractivity contribution in [2.45, 2.75) is 38.6 Å². The molecule has 5 amide bonds. The van der Waals surface area contributed by atoms with Crippen molar-refractivity contribution >= 4 is 29.4 Å². The van der Waals surface area contributed by atoms with Crippen LogP contribution in [0.4, 0.5) is 10.5 Å². The molecule has 8 nitrogen and oxygen atoms in total. The molecule has 1 aliphatic rings. The Morgan fingerprint density at radius 1 is 1.00 bits per heavy atom.